The highest BCUT2D eigenvalue weighted by molar-refractivity contribution is 7.89. The first-order valence-electron chi connectivity index (χ1n) is 6.09. The Morgan fingerprint density at radius 1 is 1.45 bits per heavy atom. The molecule has 1 atom stereocenters. The van der Waals surface area contributed by atoms with Crippen molar-refractivity contribution in [1.29, 1.82) is 5.26 Å². The predicted molar refractivity (Wildman–Crippen MR) is 75.6 cm³/mol. The van der Waals surface area contributed by atoms with Gasteiger partial charge in [-0.2, -0.15) is 5.26 Å². The Hall–Kier alpha value is -1.46. The summed E-state index contributed by atoms with van der Waals surface area (Å²) in [7, 11) is -0.154. The van der Waals surface area contributed by atoms with Gasteiger partial charge in [0.2, 0.25) is 10.0 Å². The molecule has 0 saturated carbocycles. The van der Waals surface area contributed by atoms with Gasteiger partial charge >= 0.3 is 0 Å². The molecule has 110 valence electrons. The van der Waals surface area contributed by atoms with Crippen molar-refractivity contribution in [3.8, 4) is 6.07 Å². The molecule has 0 saturated heterocycles. The van der Waals surface area contributed by atoms with Crippen LogP contribution < -0.4 is 4.72 Å². The average molecular weight is 297 g/mol. The largest absolute Gasteiger partial charge is 0.390 e. The smallest absolute Gasteiger partial charge is 0.240 e. The molecule has 0 aliphatic carbocycles. The SMILES string of the molecule is Cc1ccc(C#N)cc1S(=O)(=O)NCC(O)CN(C)C. The topological polar surface area (TPSA) is 93.4 Å². The predicted octanol–water partition coefficient (Wildman–Crippen LogP) is 0.0675. The summed E-state index contributed by atoms with van der Waals surface area (Å²) in [4.78, 5) is 1.83. The number of aryl methyl sites for hydroxylation is 1. The van der Waals surface area contributed by atoms with E-state index in [1.54, 1.807) is 38.1 Å². The number of hydrogen-bond acceptors (Lipinski definition) is 5. The van der Waals surface area contributed by atoms with E-state index in [4.69, 9.17) is 5.26 Å². The minimum absolute atomic E-state index is 0.0635. The zero-order valence-electron chi connectivity index (χ0n) is 11.8. The number of likely N-dealkylation sites (N-methyl/N-ethyl adjacent to an activating group) is 1. The number of benzene rings is 1. The maximum Gasteiger partial charge on any atom is 0.240 e. The molecule has 2 N–H and O–H groups in total. The van der Waals surface area contributed by atoms with Crippen LogP contribution in [0.3, 0.4) is 0 Å². The number of aliphatic hydroxyl groups excluding tert-OH is 1. The highest BCUT2D eigenvalue weighted by Crippen LogP contribution is 2.16. The van der Waals surface area contributed by atoms with Crippen molar-refractivity contribution in [2.75, 3.05) is 27.2 Å². The minimum atomic E-state index is -3.73. The van der Waals surface area contributed by atoms with Crippen molar-refractivity contribution in [1.82, 2.24) is 9.62 Å². The van der Waals surface area contributed by atoms with Crippen molar-refractivity contribution in [3.63, 3.8) is 0 Å². The lowest BCUT2D eigenvalue weighted by atomic mass is 10.2. The van der Waals surface area contributed by atoms with Crippen LogP contribution in [0.5, 0.6) is 0 Å². The minimum Gasteiger partial charge on any atom is -0.390 e. The van der Waals surface area contributed by atoms with E-state index in [0.29, 0.717) is 12.1 Å². The molecule has 1 rings (SSSR count). The third-order valence-electron chi connectivity index (χ3n) is 2.69. The maximum absolute atomic E-state index is 12.2. The summed E-state index contributed by atoms with van der Waals surface area (Å²) in [5.41, 5.74) is 0.836. The van der Waals surface area contributed by atoms with Crippen LogP contribution in [0.15, 0.2) is 23.1 Å². The van der Waals surface area contributed by atoms with Crippen LogP contribution in [-0.2, 0) is 10.0 Å². The van der Waals surface area contributed by atoms with Gasteiger partial charge in [0.1, 0.15) is 0 Å². The molecule has 0 aliphatic rings. The standard InChI is InChI=1S/C13H19N3O3S/c1-10-4-5-11(7-14)6-13(10)20(18,19)15-8-12(17)9-16(2)3/h4-6,12,15,17H,8-9H2,1-3H3. The monoisotopic (exact) mass is 297 g/mol. The summed E-state index contributed by atoms with van der Waals surface area (Å²) in [5, 5.41) is 18.5. The fraction of sp³-hybridized carbons (Fsp3) is 0.462. The van der Waals surface area contributed by atoms with Crippen molar-refractivity contribution < 1.29 is 13.5 Å². The Morgan fingerprint density at radius 3 is 2.65 bits per heavy atom. The summed E-state index contributed by atoms with van der Waals surface area (Å²) < 4.78 is 26.7. The second-order valence-corrected chi connectivity index (χ2v) is 6.60. The van der Waals surface area contributed by atoms with Gasteiger partial charge in [-0.05, 0) is 38.7 Å². The summed E-state index contributed by atoms with van der Waals surface area (Å²) in [6, 6.07) is 6.39. The van der Waals surface area contributed by atoms with Crippen molar-refractivity contribution in [2.24, 2.45) is 0 Å². The molecule has 0 amide bonds. The molecule has 0 aromatic heterocycles. The van der Waals surface area contributed by atoms with Gasteiger partial charge in [0.15, 0.2) is 0 Å². The molecule has 6 nitrogen and oxygen atoms in total. The van der Waals surface area contributed by atoms with Crippen LogP contribution in [0.25, 0.3) is 0 Å². The molecule has 1 aromatic rings. The lowest BCUT2D eigenvalue weighted by Crippen LogP contribution is -2.37. The van der Waals surface area contributed by atoms with Crippen LogP contribution in [0.1, 0.15) is 11.1 Å². The Morgan fingerprint density at radius 2 is 2.10 bits per heavy atom. The van der Waals surface area contributed by atoms with Crippen LogP contribution in [0.4, 0.5) is 0 Å². The lowest BCUT2D eigenvalue weighted by Gasteiger charge is -2.17. The van der Waals surface area contributed by atoms with E-state index in [1.807, 2.05) is 6.07 Å². The molecule has 0 fully saturated rings. The third kappa shape index (κ3) is 4.58. The maximum atomic E-state index is 12.2. The Bertz CT molecular complexity index is 606. The van der Waals surface area contributed by atoms with Crippen molar-refractivity contribution >= 4 is 10.0 Å². The Balaban J connectivity index is 2.87. The van der Waals surface area contributed by atoms with E-state index in [0.717, 1.165) is 0 Å². The molecule has 0 bridgehead atoms. The first-order valence-corrected chi connectivity index (χ1v) is 7.58. The number of nitriles is 1. The zero-order valence-corrected chi connectivity index (χ0v) is 12.6. The van der Waals surface area contributed by atoms with E-state index in [2.05, 4.69) is 4.72 Å². The van der Waals surface area contributed by atoms with Crippen LogP contribution in [0, 0.1) is 18.3 Å². The molecule has 0 heterocycles. The lowest BCUT2D eigenvalue weighted by molar-refractivity contribution is 0.140. The van der Waals surface area contributed by atoms with Gasteiger partial charge in [-0.3, -0.25) is 0 Å². The molecular formula is C13H19N3O3S. The van der Waals surface area contributed by atoms with Gasteiger partial charge in [0.05, 0.1) is 22.6 Å². The van der Waals surface area contributed by atoms with Crippen LogP contribution >= 0.6 is 0 Å². The Kier molecular flexibility index (Phi) is 5.65. The number of hydrogen-bond donors (Lipinski definition) is 2. The fourth-order valence-corrected chi connectivity index (χ4v) is 3.07. The van der Waals surface area contributed by atoms with E-state index in [-0.39, 0.29) is 17.0 Å². The number of nitrogens with one attached hydrogen (secondary N) is 1. The highest BCUT2D eigenvalue weighted by Gasteiger charge is 2.19. The van der Waals surface area contributed by atoms with Crippen LogP contribution in [0.2, 0.25) is 0 Å². The first kappa shape index (κ1) is 16.6. The molecule has 0 aliphatic heterocycles. The molecule has 1 aromatic carbocycles. The Labute approximate surface area is 119 Å². The van der Waals surface area contributed by atoms with E-state index < -0.39 is 16.1 Å². The number of aliphatic hydroxyl groups is 1. The molecule has 0 radical (unpaired) electrons. The summed E-state index contributed by atoms with van der Waals surface area (Å²) in [6.45, 7) is 1.95. The van der Waals surface area contributed by atoms with Gasteiger partial charge in [0, 0.05) is 13.1 Å². The fourth-order valence-electron chi connectivity index (χ4n) is 1.73. The molecular weight excluding hydrogens is 278 g/mol. The van der Waals surface area contributed by atoms with Crippen LogP contribution in [-0.4, -0.2) is 51.7 Å². The van der Waals surface area contributed by atoms with Gasteiger partial charge in [-0.25, -0.2) is 13.1 Å². The second kappa shape index (κ2) is 6.81. The summed E-state index contributed by atoms with van der Waals surface area (Å²) in [5.74, 6) is 0. The van der Waals surface area contributed by atoms with E-state index >= 15 is 0 Å². The molecule has 0 spiro atoms. The van der Waals surface area contributed by atoms with Gasteiger partial charge in [-0.1, -0.05) is 6.07 Å². The van der Waals surface area contributed by atoms with Gasteiger partial charge < -0.3 is 10.0 Å². The van der Waals surface area contributed by atoms with E-state index in [9.17, 15) is 13.5 Å². The number of sulfonamides is 1. The summed E-state index contributed by atoms with van der Waals surface area (Å²) in [6.07, 6.45) is -0.792. The summed E-state index contributed by atoms with van der Waals surface area (Å²) >= 11 is 0. The first-order chi connectivity index (χ1) is 9.26. The van der Waals surface area contributed by atoms with Crippen molar-refractivity contribution in [2.45, 2.75) is 17.9 Å². The highest BCUT2D eigenvalue weighted by atomic mass is 32.2. The van der Waals surface area contributed by atoms with E-state index in [1.165, 1.54) is 6.07 Å². The average Bonchev–Trinajstić information content (AvgIpc) is 2.36. The van der Waals surface area contributed by atoms with Gasteiger partial charge in [-0.15, -0.1) is 0 Å². The quantitative estimate of drug-likeness (QED) is 0.775. The number of nitrogens with zero attached hydrogens (tertiary/aromatic N) is 2. The second-order valence-electron chi connectivity index (χ2n) is 4.86. The molecule has 1 unspecified atom stereocenters. The molecule has 7 heteroatoms. The van der Waals surface area contributed by atoms with Crippen molar-refractivity contribution in [3.05, 3.63) is 29.3 Å². The third-order valence-corrected chi connectivity index (χ3v) is 4.26. The molecule has 20 heavy (non-hydrogen) atoms. The zero-order chi connectivity index (χ0) is 15.3. The van der Waals surface area contributed by atoms with Gasteiger partial charge in [0.25, 0.3) is 0 Å². The normalized spacial score (nSPS) is 13.2. The number of rotatable bonds is 6.